The molecule has 3 aromatic rings. The van der Waals surface area contributed by atoms with E-state index in [1.807, 2.05) is 47.2 Å². The van der Waals surface area contributed by atoms with Crippen molar-refractivity contribution in [3.63, 3.8) is 0 Å². The molecule has 2 heterocycles. The Bertz CT molecular complexity index is 814. The van der Waals surface area contributed by atoms with Gasteiger partial charge in [-0.3, -0.25) is 4.79 Å². The van der Waals surface area contributed by atoms with Gasteiger partial charge in [-0.05, 0) is 30.5 Å². The average molecular weight is 388 g/mol. The molecular weight excluding hydrogens is 366 g/mol. The highest BCUT2D eigenvalue weighted by atomic mass is 32.1. The number of carbonyl (C=O) groups excluding carboxylic acids is 1. The Kier molecular flexibility index (Phi) is 6.76. The van der Waals surface area contributed by atoms with Gasteiger partial charge in [0.25, 0.3) is 5.91 Å². The zero-order valence-corrected chi connectivity index (χ0v) is 16.2. The molecule has 136 valence electrons. The number of benzene rings is 1. The van der Waals surface area contributed by atoms with Crippen molar-refractivity contribution in [3.8, 4) is 5.75 Å². The summed E-state index contributed by atoms with van der Waals surface area (Å²) >= 11 is 3.04. The first-order valence-corrected chi connectivity index (χ1v) is 10.1. The molecule has 1 amide bonds. The molecular formula is C19H21N3O2S2. The molecule has 0 saturated carbocycles. The summed E-state index contributed by atoms with van der Waals surface area (Å²) in [6, 6.07) is 11.7. The molecule has 2 aromatic heterocycles. The van der Waals surface area contributed by atoms with Crippen LogP contribution in [-0.2, 0) is 13.2 Å². The SMILES string of the molecule is Cc1ccc(OCc2nc(CNCCNC(=O)c3cccs3)cs2)cc1. The maximum Gasteiger partial charge on any atom is 0.261 e. The van der Waals surface area contributed by atoms with Crippen molar-refractivity contribution in [3.05, 3.63) is 68.3 Å². The van der Waals surface area contributed by atoms with E-state index in [4.69, 9.17) is 4.74 Å². The van der Waals surface area contributed by atoms with Crippen molar-refractivity contribution in [2.24, 2.45) is 0 Å². The first kappa shape index (κ1) is 18.6. The molecule has 0 bridgehead atoms. The predicted octanol–water partition coefficient (Wildman–Crippen LogP) is 3.61. The average Bonchev–Trinajstić information content (AvgIpc) is 3.33. The van der Waals surface area contributed by atoms with Gasteiger partial charge >= 0.3 is 0 Å². The maximum absolute atomic E-state index is 11.8. The highest BCUT2D eigenvalue weighted by Gasteiger charge is 2.05. The Morgan fingerprint density at radius 2 is 2.00 bits per heavy atom. The summed E-state index contributed by atoms with van der Waals surface area (Å²) in [6.07, 6.45) is 0. The summed E-state index contributed by atoms with van der Waals surface area (Å²) in [6.45, 7) is 4.49. The minimum absolute atomic E-state index is 0.0222. The molecule has 0 aliphatic carbocycles. The van der Waals surface area contributed by atoms with Crippen LogP contribution < -0.4 is 15.4 Å². The monoisotopic (exact) mass is 387 g/mol. The molecule has 0 radical (unpaired) electrons. The molecule has 0 aliphatic rings. The molecule has 0 spiro atoms. The summed E-state index contributed by atoms with van der Waals surface area (Å²) in [5.41, 5.74) is 2.20. The number of carbonyl (C=O) groups is 1. The van der Waals surface area contributed by atoms with E-state index in [0.717, 1.165) is 21.3 Å². The standard InChI is InChI=1S/C19H21N3O2S2/c1-14-4-6-16(7-5-14)24-12-18-22-15(13-26-18)11-20-8-9-21-19(23)17-3-2-10-25-17/h2-7,10,13,20H,8-9,11-12H2,1H3,(H,21,23). The van der Waals surface area contributed by atoms with Gasteiger partial charge in [-0.15, -0.1) is 22.7 Å². The van der Waals surface area contributed by atoms with Crippen molar-refractivity contribution >= 4 is 28.6 Å². The van der Waals surface area contributed by atoms with Crippen LogP contribution in [0.25, 0.3) is 0 Å². The summed E-state index contributed by atoms with van der Waals surface area (Å²) in [5, 5.41) is 11.1. The van der Waals surface area contributed by atoms with E-state index in [2.05, 4.69) is 22.5 Å². The number of rotatable bonds is 9. The second-order valence-electron chi connectivity index (χ2n) is 5.74. The van der Waals surface area contributed by atoms with Crippen LogP contribution in [0.4, 0.5) is 0 Å². The Morgan fingerprint density at radius 1 is 1.15 bits per heavy atom. The highest BCUT2D eigenvalue weighted by Crippen LogP contribution is 2.16. The molecule has 7 heteroatoms. The largest absolute Gasteiger partial charge is 0.486 e. The van der Waals surface area contributed by atoms with Crippen LogP contribution in [0.1, 0.15) is 25.9 Å². The molecule has 2 N–H and O–H groups in total. The summed E-state index contributed by atoms with van der Waals surface area (Å²) < 4.78 is 5.75. The van der Waals surface area contributed by atoms with E-state index in [9.17, 15) is 4.79 Å². The maximum atomic E-state index is 11.8. The van der Waals surface area contributed by atoms with E-state index in [0.29, 0.717) is 26.2 Å². The lowest BCUT2D eigenvalue weighted by Gasteiger charge is -2.05. The second-order valence-corrected chi connectivity index (χ2v) is 7.63. The number of nitrogens with one attached hydrogen (secondary N) is 2. The highest BCUT2D eigenvalue weighted by molar-refractivity contribution is 7.12. The lowest BCUT2D eigenvalue weighted by Crippen LogP contribution is -2.31. The van der Waals surface area contributed by atoms with Gasteiger partial charge in [0.15, 0.2) is 0 Å². The van der Waals surface area contributed by atoms with Gasteiger partial charge in [0.1, 0.15) is 17.4 Å². The van der Waals surface area contributed by atoms with E-state index >= 15 is 0 Å². The Labute approximate surface area is 161 Å². The van der Waals surface area contributed by atoms with Crippen LogP contribution in [0.5, 0.6) is 5.75 Å². The fraction of sp³-hybridized carbons (Fsp3) is 0.263. The van der Waals surface area contributed by atoms with E-state index in [1.165, 1.54) is 16.9 Å². The van der Waals surface area contributed by atoms with E-state index in [1.54, 1.807) is 11.3 Å². The summed E-state index contributed by atoms with van der Waals surface area (Å²) in [4.78, 5) is 17.1. The first-order valence-electron chi connectivity index (χ1n) is 8.36. The quantitative estimate of drug-likeness (QED) is 0.551. The van der Waals surface area contributed by atoms with Gasteiger partial charge in [0.2, 0.25) is 0 Å². The number of aryl methyl sites for hydroxylation is 1. The van der Waals surface area contributed by atoms with Gasteiger partial charge in [-0.1, -0.05) is 23.8 Å². The zero-order chi connectivity index (χ0) is 18.2. The van der Waals surface area contributed by atoms with Crippen LogP contribution in [0.15, 0.2) is 47.2 Å². The van der Waals surface area contributed by atoms with Crippen molar-refractivity contribution < 1.29 is 9.53 Å². The lowest BCUT2D eigenvalue weighted by molar-refractivity contribution is 0.0958. The van der Waals surface area contributed by atoms with Crippen LogP contribution in [0.3, 0.4) is 0 Å². The van der Waals surface area contributed by atoms with E-state index in [-0.39, 0.29) is 5.91 Å². The number of aromatic nitrogens is 1. The van der Waals surface area contributed by atoms with Gasteiger partial charge in [-0.25, -0.2) is 4.98 Å². The van der Waals surface area contributed by atoms with Crippen LogP contribution in [-0.4, -0.2) is 24.0 Å². The van der Waals surface area contributed by atoms with Crippen molar-refractivity contribution in [2.75, 3.05) is 13.1 Å². The number of thiophene rings is 1. The summed E-state index contributed by atoms with van der Waals surface area (Å²) in [7, 11) is 0. The fourth-order valence-corrected chi connectivity index (χ4v) is 3.60. The number of ether oxygens (including phenoxy) is 1. The number of nitrogens with zero attached hydrogens (tertiary/aromatic N) is 1. The number of thiazole rings is 1. The third-order valence-corrected chi connectivity index (χ3v) is 5.36. The molecule has 0 saturated heterocycles. The predicted molar refractivity (Wildman–Crippen MR) is 106 cm³/mol. The van der Waals surface area contributed by atoms with Gasteiger partial charge in [0.05, 0.1) is 10.6 Å². The molecule has 1 aromatic carbocycles. The molecule has 5 nitrogen and oxygen atoms in total. The molecule has 3 rings (SSSR count). The van der Waals surface area contributed by atoms with Gasteiger partial charge < -0.3 is 15.4 Å². The topological polar surface area (TPSA) is 63.2 Å². The van der Waals surface area contributed by atoms with Crippen molar-refractivity contribution in [1.29, 1.82) is 0 Å². The van der Waals surface area contributed by atoms with Crippen molar-refractivity contribution in [1.82, 2.24) is 15.6 Å². The fourth-order valence-electron chi connectivity index (χ4n) is 2.25. The number of amides is 1. The summed E-state index contributed by atoms with van der Waals surface area (Å²) in [5.74, 6) is 0.831. The smallest absolute Gasteiger partial charge is 0.261 e. The Balaban J connectivity index is 1.33. The third-order valence-electron chi connectivity index (χ3n) is 3.62. The molecule has 0 atom stereocenters. The normalized spacial score (nSPS) is 10.7. The number of hydrogen-bond acceptors (Lipinski definition) is 6. The van der Waals surface area contributed by atoms with Gasteiger partial charge in [0, 0.05) is 25.0 Å². The van der Waals surface area contributed by atoms with Crippen LogP contribution in [0, 0.1) is 6.92 Å². The minimum Gasteiger partial charge on any atom is -0.486 e. The Hall–Kier alpha value is -2.22. The molecule has 0 aliphatic heterocycles. The van der Waals surface area contributed by atoms with E-state index < -0.39 is 0 Å². The zero-order valence-electron chi connectivity index (χ0n) is 14.5. The van der Waals surface area contributed by atoms with Crippen LogP contribution in [0.2, 0.25) is 0 Å². The second kappa shape index (κ2) is 9.47. The first-order chi connectivity index (χ1) is 12.7. The van der Waals surface area contributed by atoms with Crippen molar-refractivity contribution in [2.45, 2.75) is 20.1 Å². The number of hydrogen-bond donors (Lipinski definition) is 2. The molecule has 26 heavy (non-hydrogen) atoms. The van der Waals surface area contributed by atoms with Gasteiger partial charge in [-0.2, -0.15) is 0 Å². The van der Waals surface area contributed by atoms with Crippen LogP contribution >= 0.6 is 22.7 Å². The minimum atomic E-state index is -0.0222. The molecule has 0 fully saturated rings. The Morgan fingerprint density at radius 3 is 2.77 bits per heavy atom. The molecule has 0 unspecified atom stereocenters. The lowest BCUT2D eigenvalue weighted by atomic mass is 10.2. The third kappa shape index (κ3) is 5.66.